The maximum absolute atomic E-state index is 11.8. The number of hydrogen-bond donors (Lipinski definition) is 2. The number of nitrogens with one attached hydrogen (secondary N) is 1. The second-order valence-electron chi connectivity index (χ2n) is 5.11. The van der Waals surface area contributed by atoms with Crippen LogP contribution in [0.2, 0.25) is 0 Å². The molecule has 0 bridgehead atoms. The number of nitrogens with two attached hydrogens (primary N) is 1. The van der Waals surface area contributed by atoms with Gasteiger partial charge in [-0.25, -0.2) is 4.98 Å². The van der Waals surface area contributed by atoms with Gasteiger partial charge in [-0.15, -0.1) is 0 Å². The van der Waals surface area contributed by atoms with Crippen LogP contribution in [0.1, 0.15) is 5.82 Å². The highest BCUT2D eigenvalue weighted by atomic mass is 16.5. The van der Waals surface area contributed by atoms with E-state index in [1.54, 1.807) is 12.1 Å². The van der Waals surface area contributed by atoms with E-state index in [0.29, 0.717) is 30.2 Å². The highest BCUT2D eigenvalue weighted by Crippen LogP contribution is 2.18. The van der Waals surface area contributed by atoms with Crippen LogP contribution in [0.5, 0.6) is 5.75 Å². The molecule has 3 rings (SSSR count). The Morgan fingerprint density at radius 2 is 1.87 bits per heavy atom. The van der Waals surface area contributed by atoms with Gasteiger partial charge in [0.15, 0.2) is 0 Å². The number of ether oxygens (including phenoxy) is 1. The van der Waals surface area contributed by atoms with Crippen molar-refractivity contribution in [2.24, 2.45) is 0 Å². The molecular formula is C18H17N3O2. The lowest BCUT2D eigenvalue weighted by molar-refractivity contribution is 0.319. The zero-order valence-electron chi connectivity index (χ0n) is 12.5. The van der Waals surface area contributed by atoms with E-state index < -0.39 is 0 Å². The molecule has 0 aliphatic heterocycles. The molecule has 0 radical (unpaired) electrons. The maximum atomic E-state index is 11.8. The predicted octanol–water partition coefficient (Wildman–Crippen LogP) is 2.64. The summed E-state index contributed by atoms with van der Waals surface area (Å²) < 4.78 is 5.63. The Kier molecular flexibility index (Phi) is 4.38. The molecule has 23 heavy (non-hydrogen) atoms. The molecule has 0 aliphatic rings. The van der Waals surface area contributed by atoms with Crippen molar-refractivity contribution in [1.82, 2.24) is 9.97 Å². The Bertz CT molecular complexity index is 844. The smallest absolute Gasteiger partial charge is 0.251 e. The maximum Gasteiger partial charge on any atom is 0.251 e. The number of aromatic amines is 1. The van der Waals surface area contributed by atoms with Crippen molar-refractivity contribution in [2.75, 3.05) is 12.3 Å². The van der Waals surface area contributed by atoms with Gasteiger partial charge in [0.1, 0.15) is 11.6 Å². The van der Waals surface area contributed by atoms with Crippen LogP contribution in [0.25, 0.3) is 11.3 Å². The number of para-hydroxylation sites is 1. The number of rotatable bonds is 5. The van der Waals surface area contributed by atoms with Gasteiger partial charge >= 0.3 is 0 Å². The fourth-order valence-electron chi connectivity index (χ4n) is 2.25. The van der Waals surface area contributed by atoms with Crippen molar-refractivity contribution >= 4 is 5.69 Å². The van der Waals surface area contributed by atoms with E-state index in [0.717, 1.165) is 11.3 Å². The highest BCUT2D eigenvalue weighted by molar-refractivity contribution is 5.63. The normalized spacial score (nSPS) is 10.4. The van der Waals surface area contributed by atoms with Crippen molar-refractivity contribution in [3.05, 3.63) is 76.8 Å². The number of nitrogens with zero attached hydrogens (tertiary/aromatic N) is 1. The predicted molar refractivity (Wildman–Crippen MR) is 90.3 cm³/mol. The van der Waals surface area contributed by atoms with Crippen molar-refractivity contribution < 1.29 is 4.74 Å². The van der Waals surface area contributed by atoms with Crippen LogP contribution in [0.3, 0.4) is 0 Å². The molecule has 1 heterocycles. The Balaban J connectivity index is 1.74. The van der Waals surface area contributed by atoms with Gasteiger partial charge in [0.25, 0.3) is 5.56 Å². The van der Waals surface area contributed by atoms with Crippen molar-refractivity contribution in [1.29, 1.82) is 0 Å². The molecule has 0 amide bonds. The molecule has 116 valence electrons. The summed E-state index contributed by atoms with van der Waals surface area (Å²) in [6.07, 6.45) is 0.514. The second-order valence-corrected chi connectivity index (χ2v) is 5.11. The molecular weight excluding hydrogens is 290 g/mol. The SMILES string of the molecule is Nc1cccc(-c2cc(=O)[nH]c(CCOc3ccccc3)n2)c1. The molecule has 3 N–H and O–H groups in total. The number of benzene rings is 2. The summed E-state index contributed by atoms with van der Waals surface area (Å²) in [4.78, 5) is 19.1. The van der Waals surface area contributed by atoms with E-state index >= 15 is 0 Å². The lowest BCUT2D eigenvalue weighted by Crippen LogP contribution is -2.14. The van der Waals surface area contributed by atoms with Gasteiger partial charge in [0.05, 0.1) is 12.3 Å². The number of hydrogen-bond acceptors (Lipinski definition) is 4. The molecule has 0 saturated carbocycles. The minimum atomic E-state index is -0.188. The molecule has 5 nitrogen and oxygen atoms in total. The highest BCUT2D eigenvalue weighted by Gasteiger charge is 2.05. The Morgan fingerprint density at radius 1 is 1.04 bits per heavy atom. The zero-order chi connectivity index (χ0) is 16.1. The standard InChI is InChI=1S/C18H17N3O2/c19-14-6-4-5-13(11-14)16-12-18(22)21-17(20-16)9-10-23-15-7-2-1-3-8-15/h1-8,11-12H,9-10,19H2,(H,20,21,22). The Labute approximate surface area is 133 Å². The van der Waals surface area contributed by atoms with E-state index in [9.17, 15) is 4.79 Å². The first kappa shape index (κ1) is 14.8. The van der Waals surface area contributed by atoms with E-state index in [1.165, 1.54) is 6.07 Å². The molecule has 0 saturated heterocycles. The average Bonchev–Trinajstić information content (AvgIpc) is 2.55. The third kappa shape index (κ3) is 3.97. The van der Waals surface area contributed by atoms with Crippen LogP contribution >= 0.6 is 0 Å². The minimum Gasteiger partial charge on any atom is -0.493 e. The first-order valence-electron chi connectivity index (χ1n) is 7.35. The number of aromatic nitrogens is 2. The van der Waals surface area contributed by atoms with E-state index in [4.69, 9.17) is 10.5 Å². The van der Waals surface area contributed by atoms with Crippen LogP contribution < -0.4 is 16.0 Å². The lowest BCUT2D eigenvalue weighted by atomic mass is 10.1. The summed E-state index contributed by atoms with van der Waals surface area (Å²) in [6, 6.07) is 18.3. The molecule has 1 aromatic heterocycles. The summed E-state index contributed by atoms with van der Waals surface area (Å²) in [5.41, 5.74) is 7.66. The van der Waals surface area contributed by atoms with Crippen molar-refractivity contribution in [2.45, 2.75) is 6.42 Å². The average molecular weight is 307 g/mol. The molecule has 5 heteroatoms. The second kappa shape index (κ2) is 6.79. The minimum absolute atomic E-state index is 0.188. The third-order valence-electron chi connectivity index (χ3n) is 3.32. The molecule has 0 spiro atoms. The monoisotopic (exact) mass is 307 g/mol. The van der Waals surface area contributed by atoms with Gasteiger partial charge < -0.3 is 15.5 Å². The third-order valence-corrected chi connectivity index (χ3v) is 3.32. The summed E-state index contributed by atoms with van der Waals surface area (Å²) >= 11 is 0. The summed E-state index contributed by atoms with van der Waals surface area (Å²) in [6.45, 7) is 0.438. The lowest BCUT2D eigenvalue weighted by Gasteiger charge is -2.07. The molecule has 3 aromatic rings. The van der Waals surface area contributed by atoms with Crippen LogP contribution in [-0.4, -0.2) is 16.6 Å². The number of anilines is 1. The zero-order valence-corrected chi connectivity index (χ0v) is 12.5. The quantitative estimate of drug-likeness (QED) is 0.710. The first-order chi connectivity index (χ1) is 11.2. The largest absolute Gasteiger partial charge is 0.493 e. The van der Waals surface area contributed by atoms with Gasteiger partial charge in [-0.3, -0.25) is 4.79 Å². The van der Waals surface area contributed by atoms with Crippen LogP contribution in [0, 0.1) is 0 Å². The molecule has 0 aliphatic carbocycles. The van der Waals surface area contributed by atoms with Gasteiger partial charge in [0, 0.05) is 23.7 Å². The number of H-pyrrole nitrogens is 1. The van der Waals surface area contributed by atoms with Gasteiger partial charge in [-0.1, -0.05) is 30.3 Å². The van der Waals surface area contributed by atoms with Crippen molar-refractivity contribution in [3.63, 3.8) is 0 Å². The van der Waals surface area contributed by atoms with Gasteiger partial charge in [-0.05, 0) is 24.3 Å². The molecule has 0 unspecified atom stereocenters. The Morgan fingerprint density at radius 3 is 2.65 bits per heavy atom. The van der Waals surface area contributed by atoms with E-state index in [2.05, 4.69) is 9.97 Å². The van der Waals surface area contributed by atoms with Crippen molar-refractivity contribution in [3.8, 4) is 17.0 Å². The number of nitrogen functional groups attached to an aromatic ring is 1. The first-order valence-corrected chi connectivity index (χ1v) is 7.35. The Hall–Kier alpha value is -3.08. The van der Waals surface area contributed by atoms with Gasteiger partial charge in [0.2, 0.25) is 0 Å². The fourth-order valence-corrected chi connectivity index (χ4v) is 2.25. The van der Waals surface area contributed by atoms with Gasteiger partial charge in [-0.2, -0.15) is 0 Å². The molecule has 0 atom stereocenters. The van der Waals surface area contributed by atoms with Crippen LogP contribution in [0.4, 0.5) is 5.69 Å². The summed E-state index contributed by atoms with van der Waals surface area (Å²) in [7, 11) is 0. The molecule has 2 aromatic carbocycles. The topological polar surface area (TPSA) is 81.0 Å². The fraction of sp³-hybridized carbons (Fsp3) is 0.111. The summed E-state index contributed by atoms with van der Waals surface area (Å²) in [5.74, 6) is 1.38. The van der Waals surface area contributed by atoms with E-state index in [-0.39, 0.29) is 5.56 Å². The van der Waals surface area contributed by atoms with E-state index in [1.807, 2.05) is 42.5 Å². The molecule has 0 fully saturated rings. The van der Waals surface area contributed by atoms with Crippen LogP contribution in [0.15, 0.2) is 65.5 Å². The summed E-state index contributed by atoms with van der Waals surface area (Å²) in [5, 5.41) is 0. The van der Waals surface area contributed by atoms with Crippen LogP contribution in [-0.2, 0) is 6.42 Å².